The molecule has 0 saturated heterocycles. The van der Waals surface area contributed by atoms with Crippen molar-refractivity contribution in [2.75, 3.05) is 6.61 Å². The van der Waals surface area contributed by atoms with Crippen molar-refractivity contribution in [3.05, 3.63) is 0 Å². The van der Waals surface area contributed by atoms with Crippen LogP contribution in [0.5, 0.6) is 0 Å². The van der Waals surface area contributed by atoms with E-state index in [9.17, 15) is 9.36 Å². The second-order valence-electron chi connectivity index (χ2n) is 5.86. The summed E-state index contributed by atoms with van der Waals surface area (Å²) < 4.78 is 16.1. The summed E-state index contributed by atoms with van der Waals surface area (Å²) in [4.78, 5) is 29.6. The van der Waals surface area contributed by atoms with E-state index in [0.717, 1.165) is 19.3 Å². The van der Waals surface area contributed by atoms with E-state index in [2.05, 4.69) is 6.92 Å². The second-order valence-corrected chi connectivity index (χ2v) is 7.66. The molecule has 2 N–H and O–H groups in total. The van der Waals surface area contributed by atoms with Gasteiger partial charge in [-0.15, -0.1) is 0 Å². The zero-order valence-electron chi connectivity index (χ0n) is 14.1. The van der Waals surface area contributed by atoms with E-state index in [1.807, 2.05) is 0 Å². The van der Waals surface area contributed by atoms with Gasteiger partial charge in [0.05, 0.1) is 6.61 Å². The summed E-state index contributed by atoms with van der Waals surface area (Å²) in [6, 6.07) is 0. The smallest absolute Gasteiger partial charge is 0.339 e. The van der Waals surface area contributed by atoms with Gasteiger partial charge in [-0.1, -0.05) is 71.6 Å². The lowest BCUT2D eigenvalue weighted by Crippen LogP contribution is -2.23. The van der Waals surface area contributed by atoms with Crippen molar-refractivity contribution in [2.45, 2.75) is 90.1 Å². The SMILES string of the molecule is CCCCCCCCCCCCOC(=O)C(CC)P(=O)(O)O. The Labute approximate surface area is 135 Å². The van der Waals surface area contributed by atoms with Crippen LogP contribution in [0.3, 0.4) is 0 Å². The lowest BCUT2D eigenvalue weighted by Gasteiger charge is -2.15. The number of esters is 1. The van der Waals surface area contributed by atoms with Crippen molar-refractivity contribution in [3.63, 3.8) is 0 Å². The monoisotopic (exact) mass is 336 g/mol. The molecule has 6 heteroatoms. The summed E-state index contributed by atoms with van der Waals surface area (Å²) in [5, 5.41) is 0. The van der Waals surface area contributed by atoms with Gasteiger partial charge in [0.1, 0.15) is 0 Å². The largest absolute Gasteiger partial charge is 0.465 e. The van der Waals surface area contributed by atoms with Crippen LogP contribution >= 0.6 is 7.60 Å². The molecule has 0 rings (SSSR count). The van der Waals surface area contributed by atoms with Crippen molar-refractivity contribution < 1.29 is 23.9 Å². The van der Waals surface area contributed by atoms with E-state index in [-0.39, 0.29) is 13.0 Å². The first-order valence-corrected chi connectivity index (χ1v) is 10.3. The van der Waals surface area contributed by atoms with Gasteiger partial charge in [-0.2, -0.15) is 0 Å². The molecule has 0 amide bonds. The highest BCUT2D eigenvalue weighted by Crippen LogP contribution is 2.43. The molecule has 1 atom stereocenters. The zero-order chi connectivity index (χ0) is 16.8. The van der Waals surface area contributed by atoms with Crippen LogP contribution < -0.4 is 0 Å². The van der Waals surface area contributed by atoms with E-state index in [1.54, 1.807) is 6.92 Å². The van der Waals surface area contributed by atoms with Gasteiger partial charge < -0.3 is 14.5 Å². The standard InChI is InChI=1S/C16H33O5P/c1-3-5-6-7-8-9-10-11-12-13-14-21-16(17)15(4-2)22(18,19)20/h15H,3-14H2,1-2H3,(H2,18,19,20). The first kappa shape index (κ1) is 21.6. The highest BCUT2D eigenvalue weighted by molar-refractivity contribution is 7.53. The van der Waals surface area contributed by atoms with Crippen molar-refractivity contribution >= 4 is 13.6 Å². The van der Waals surface area contributed by atoms with Crippen molar-refractivity contribution in [1.29, 1.82) is 0 Å². The van der Waals surface area contributed by atoms with E-state index >= 15 is 0 Å². The van der Waals surface area contributed by atoms with E-state index in [0.29, 0.717) is 0 Å². The van der Waals surface area contributed by atoms with E-state index < -0.39 is 19.2 Å². The third-order valence-corrected chi connectivity index (χ3v) is 5.19. The zero-order valence-corrected chi connectivity index (χ0v) is 15.0. The lowest BCUT2D eigenvalue weighted by molar-refractivity contribution is -0.143. The van der Waals surface area contributed by atoms with Crippen LogP contribution in [0.15, 0.2) is 0 Å². The molecule has 0 aliphatic rings. The minimum atomic E-state index is -4.39. The number of hydrogen-bond donors (Lipinski definition) is 2. The number of rotatable bonds is 14. The third kappa shape index (κ3) is 11.2. The van der Waals surface area contributed by atoms with Crippen LogP contribution in [0.2, 0.25) is 0 Å². The Morgan fingerprint density at radius 1 is 0.909 bits per heavy atom. The fourth-order valence-corrected chi connectivity index (χ4v) is 3.23. The maximum Gasteiger partial charge on any atom is 0.339 e. The Kier molecular flexibility index (Phi) is 12.9. The van der Waals surface area contributed by atoms with Gasteiger partial charge in [0.25, 0.3) is 0 Å². The van der Waals surface area contributed by atoms with Crippen LogP contribution in [0.1, 0.15) is 84.5 Å². The van der Waals surface area contributed by atoms with Gasteiger partial charge in [0.2, 0.25) is 0 Å². The summed E-state index contributed by atoms with van der Waals surface area (Å²) in [7, 11) is -4.39. The molecule has 0 spiro atoms. The van der Waals surface area contributed by atoms with Gasteiger partial charge in [0, 0.05) is 0 Å². The normalized spacial score (nSPS) is 13.1. The minimum Gasteiger partial charge on any atom is -0.465 e. The van der Waals surface area contributed by atoms with Crippen molar-refractivity contribution in [2.24, 2.45) is 0 Å². The van der Waals surface area contributed by atoms with E-state index in [1.165, 1.54) is 44.9 Å². The molecular weight excluding hydrogens is 303 g/mol. The first-order chi connectivity index (χ1) is 10.4. The topological polar surface area (TPSA) is 83.8 Å². The molecule has 5 nitrogen and oxygen atoms in total. The molecule has 0 heterocycles. The summed E-state index contributed by atoms with van der Waals surface area (Å²) in [6.45, 7) is 4.05. The molecular formula is C16H33O5P. The van der Waals surface area contributed by atoms with Gasteiger partial charge >= 0.3 is 13.6 Å². The summed E-state index contributed by atoms with van der Waals surface area (Å²) >= 11 is 0. The highest BCUT2D eigenvalue weighted by atomic mass is 31.2. The maximum atomic E-state index is 11.6. The van der Waals surface area contributed by atoms with Crippen LogP contribution in [0.25, 0.3) is 0 Å². The Morgan fingerprint density at radius 2 is 1.36 bits per heavy atom. The molecule has 1 unspecified atom stereocenters. The van der Waals surface area contributed by atoms with Gasteiger partial charge in [-0.25, -0.2) is 0 Å². The predicted molar refractivity (Wildman–Crippen MR) is 88.9 cm³/mol. The van der Waals surface area contributed by atoms with Crippen LogP contribution in [-0.4, -0.2) is 28.0 Å². The Balaban J connectivity index is 3.50. The predicted octanol–water partition coefficient (Wildman–Crippen LogP) is 4.41. The molecule has 0 aromatic rings. The van der Waals surface area contributed by atoms with Crippen LogP contribution in [-0.2, 0) is 14.1 Å². The van der Waals surface area contributed by atoms with Gasteiger partial charge in [0.15, 0.2) is 5.66 Å². The van der Waals surface area contributed by atoms with Gasteiger partial charge in [-0.05, 0) is 12.8 Å². The summed E-state index contributed by atoms with van der Waals surface area (Å²) in [5.74, 6) is -0.772. The molecule has 0 radical (unpaired) electrons. The van der Waals surface area contributed by atoms with Crippen LogP contribution in [0.4, 0.5) is 0 Å². The van der Waals surface area contributed by atoms with Gasteiger partial charge in [-0.3, -0.25) is 9.36 Å². The molecule has 0 aliphatic carbocycles. The number of ether oxygens (including phenoxy) is 1. The number of unbranched alkanes of at least 4 members (excludes halogenated alkanes) is 9. The molecule has 22 heavy (non-hydrogen) atoms. The quantitative estimate of drug-likeness (QED) is 0.279. The third-order valence-electron chi connectivity index (χ3n) is 3.81. The molecule has 132 valence electrons. The highest BCUT2D eigenvalue weighted by Gasteiger charge is 2.35. The van der Waals surface area contributed by atoms with Crippen LogP contribution in [0, 0.1) is 0 Å². The van der Waals surface area contributed by atoms with Crippen molar-refractivity contribution in [1.82, 2.24) is 0 Å². The molecule has 0 aliphatic heterocycles. The average molecular weight is 336 g/mol. The fourth-order valence-electron chi connectivity index (χ4n) is 2.40. The molecule has 0 bridgehead atoms. The summed E-state index contributed by atoms with van der Waals surface area (Å²) in [6.07, 6.45) is 12.0. The molecule has 0 saturated carbocycles. The number of hydrogen-bond acceptors (Lipinski definition) is 3. The van der Waals surface area contributed by atoms with Crippen molar-refractivity contribution in [3.8, 4) is 0 Å². The second kappa shape index (κ2) is 13.1. The maximum absolute atomic E-state index is 11.6. The molecule has 0 aromatic carbocycles. The Bertz CT molecular complexity index is 326. The lowest BCUT2D eigenvalue weighted by atomic mass is 10.1. The molecule has 0 aromatic heterocycles. The van der Waals surface area contributed by atoms with E-state index in [4.69, 9.17) is 14.5 Å². The number of carbonyl (C=O) groups excluding carboxylic acids is 1. The fraction of sp³-hybridized carbons (Fsp3) is 0.938. The Hall–Kier alpha value is -0.380. The number of carbonyl (C=O) groups is 1. The summed E-state index contributed by atoms with van der Waals surface area (Å²) in [5.41, 5.74) is -1.31. The molecule has 0 fully saturated rings. The Morgan fingerprint density at radius 3 is 1.77 bits per heavy atom. The average Bonchev–Trinajstić information content (AvgIpc) is 2.44. The first-order valence-electron chi connectivity index (χ1n) is 8.65. The minimum absolute atomic E-state index is 0.0984.